The molecule has 2 aliphatic heterocycles. The molecule has 178 valence electrons. The molecule has 0 radical (unpaired) electrons. The maximum Gasteiger partial charge on any atom is 0.272 e. The van der Waals surface area contributed by atoms with E-state index in [1.807, 2.05) is 42.2 Å². The number of fused-ring (bicyclic) bond motifs is 1. The monoisotopic (exact) mass is 473 g/mol. The summed E-state index contributed by atoms with van der Waals surface area (Å²) in [5.74, 6) is 3.31. The van der Waals surface area contributed by atoms with E-state index in [9.17, 15) is 4.79 Å². The van der Waals surface area contributed by atoms with Crippen LogP contribution >= 0.6 is 0 Å². The van der Waals surface area contributed by atoms with Crippen LogP contribution in [0.25, 0.3) is 22.6 Å². The van der Waals surface area contributed by atoms with E-state index in [1.165, 1.54) is 0 Å². The molecule has 5 heterocycles. The van der Waals surface area contributed by atoms with Crippen molar-refractivity contribution in [3.8, 4) is 34.1 Å². The molecule has 4 aromatic rings. The van der Waals surface area contributed by atoms with E-state index in [2.05, 4.69) is 30.2 Å². The Morgan fingerprint density at radius 1 is 1.03 bits per heavy atom. The smallest absolute Gasteiger partial charge is 0.272 e. The number of aryl methyl sites for hydroxylation is 1. The fourth-order valence-corrected chi connectivity index (χ4v) is 4.17. The van der Waals surface area contributed by atoms with Crippen LogP contribution < -0.4 is 14.4 Å². The maximum atomic E-state index is 13.1. The molecule has 0 unspecified atom stereocenters. The number of hydrogen-bond acceptors (Lipinski definition) is 9. The lowest BCUT2D eigenvalue weighted by Gasteiger charge is -2.35. The van der Waals surface area contributed by atoms with Crippen molar-refractivity contribution in [2.45, 2.75) is 13.3 Å². The Balaban J connectivity index is 1.08. The Labute approximate surface area is 200 Å². The Bertz CT molecular complexity index is 1360. The number of hydrogen-bond donors (Lipinski definition) is 1. The molecule has 0 bridgehead atoms. The number of piperazine rings is 1. The molecular weight excluding hydrogens is 450 g/mol. The molecule has 0 spiro atoms. The maximum absolute atomic E-state index is 13.1. The molecule has 35 heavy (non-hydrogen) atoms. The van der Waals surface area contributed by atoms with Crippen molar-refractivity contribution >= 4 is 11.7 Å². The average molecular weight is 473 g/mol. The SMILES string of the molecule is CCc1nc(-c2ccc(N3CCN(C(=O)c4cc(-c5ccc6c(c5)OCO6)n[nH]4)CC3)nc2)no1. The van der Waals surface area contributed by atoms with Gasteiger partial charge < -0.3 is 23.8 Å². The number of rotatable bonds is 5. The van der Waals surface area contributed by atoms with Crippen LogP contribution in [0.15, 0.2) is 47.1 Å². The Kier molecular flexibility index (Phi) is 5.28. The van der Waals surface area contributed by atoms with E-state index in [-0.39, 0.29) is 12.7 Å². The van der Waals surface area contributed by atoms with E-state index in [4.69, 9.17) is 14.0 Å². The lowest BCUT2D eigenvalue weighted by Crippen LogP contribution is -2.49. The second-order valence-electron chi connectivity index (χ2n) is 8.28. The lowest BCUT2D eigenvalue weighted by molar-refractivity contribution is 0.0740. The third kappa shape index (κ3) is 4.05. The zero-order valence-corrected chi connectivity index (χ0v) is 19.1. The first-order valence-corrected chi connectivity index (χ1v) is 11.5. The Morgan fingerprint density at radius 3 is 2.63 bits per heavy atom. The molecule has 1 amide bonds. The van der Waals surface area contributed by atoms with E-state index in [0.29, 0.717) is 67.2 Å². The van der Waals surface area contributed by atoms with Crippen molar-refractivity contribution in [2.75, 3.05) is 37.9 Å². The fraction of sp³-hybridized carbons (Fsp3) is 0.292. The van der Waals surface area contributed by atoms with E-state index < -0.39 is 0 Å². The highest BCUT2D eigenvalue weighted by Gasteiger charge is 2.25. The molecule has 0 aliphatic carbocycles. The summed E-state index contributed by atoms with van der Waals surface area (Å²) < 4.78 is 16.0. The number of amides is 1. The van der Waals surface area contributed by atoms with Crippen LogP contribution in [0.1, 0.15) is 23.3 Å². The van der Waals surface area contributed by atoms with Gasteiger partial charge in [-0.2, -0.15) is 10.1 Å². The highest BCUT2D eigenvalue weighted by Crippen LogP contribution is 2.35. The van der Waals surface area contributed by atoms with Gasteiger partial charge in [-0.3, -0.25) is 9.89 Å². The molecule has 0 saturated carbocycles. The summed E-state index contributed by atoms with van der Waals surface area (Å²) in [6, 6.07) is 11.3. The second kappa shape index (κ2) is 8.75. The van der Waals surface area contributed by atoms with E-state index in [0.717, 1.165) is 16.9 Å². The molecule has 3 aromatic heterocycles. The molecule has 11 nitrogen and oxygen atoms in total. The minimum absolute atomic E-state index is 0.0729. The largest absolute Gasteiger partial charge is 0.454 e. The van der Waals surface area contributed by atoms with Gasteiger partial charge in [0.25, 0.3) is 5.91 Å². The van der Waals surface area contributed by atoms with Crippen LogP contribution in [0.2, 0.25) is 0 Å². The number of nitrogens with zero attached hydrogens (tertiary/aromatic N) is 6. The molecular formula is C24H23N7O4. The van der Waals surface area contributed by atoms with Crippen molar-refractivity contribution in [2.24, 2.45) is 0 Å². The van der Waals surface area contributed by atoms with Gasteiger partial charge >= 0.3 is 0 Å². The van der Waals surface area contributed by atoms with Gasteiger partial charge in [0.2, 0.25) is 18.5 Å². The number of H-pyrrole nitrogens is 1. The standard InChI is InChI=1S/C24H23N7O4/c1-2-22-26-23(29-35-22)16-4-6-21(25-13-16)30-7-9-31(10-8-30)24(32)18-12-17(27-28-18)15-3-5-19-20(11-15)34-14-33-19/h3-6,11-13H,2,7-10,14H2,1H3,(H,27,28). The summed E-state index contributed by atoms with van der Waals surface area (Å²) >= 11 is 0. The highest BCUT2D eigenvalue weighted by atomic mass is 16.7. The number of benzene rings is 1. The minimum atomic E-state index is -0.0729. The average Bonchev–Trinajstić information content (AvgIpc) is 3.68. The summed E-state index contributed by atoms with van der Waals surface area (Å²) in [7, 11) is 0. The van der Waals surface area contributed by atoms with E-state index in [1.54, 1.807) is 12.3 Å². The molecule has 1 fully saturated rings. The van der Waals surface area contributed by atoms with Gasteiger partial charge in [0, 0.05) is 49.9 Å². The van der Waals surface area contributed by atoms with Crippen LogP contribution in [0, 0.1) is 0 Å². The molecule has 0 atom stereocenters. The predicted molar refractivity (Wildman–Crippen MR) is 125 cm³/mol. The number of carbonyl (C=O) groups excluding carboxylic acids is 1. The molecule has 1 N–H and O–H groups in total. The first-order chi connectivity index (χ1) is 17.2. The Hall–Kier alpha value is -4.41. The minimum Gasteiger partial charge on any atom is -0.454 e. The van der Waals surface area contributed by atoms with Gasteiger partial charge in [-0.25, -0.2) is 4.98 Å². The summed E-state index contributed by atoms with van der Waals surface area (Å²) in [5.41, 5.74) is 2.81. The topological polar surface area (TPSA) is 123 Å². The van der Waals surface area contributed by atoms with Crippen LogP contribution in [-0.4, -0.2) is 69.1 Å². The third-order valence-electron chi connectivity index (χ3n) is 6.14. The first-order valence-electron chi connectivity index (χ1n) is 11.5. The number of aromatic nitrogens is 5. The predicted octanol–water partition coefficient (Wildman–Crippen LogP) is 2.78. The third-order valence-corrected chi connectivity index (χ3v) is 6.14. The van der Waals surface area contributed by atoms with Crippen molar-refractivity contribution in [3.05, 3.63) is 54.2 Å². The highest BCUT2D eigenvalue weighted by molar-refractivity contribution is 5.93. The zero-order valence-electron chi connectivity index (χ0n) is 19.1. The molecule has 1 aromatic carbocycles. The van der Waals surface area contributed by atoms with E-state index >= 15 is 0 Å². The summed E-state index contributed by atoms with van der Waals surface area (Å²) in [5, 5.41) is 11.2. The number of carbonyl (C=O) groups is 1. The molecule has 2 aliphatic rings. The quantitative estimate of drug-likeness (QED) is 0.466. The molecule has 11 heteroatoms. The number of anilines is 1. The summed E-state index contributed by atoms with van der Waals surface area (Å²) in [4.78, 5) is 26.0. The summed E-state index contributed by atoms with van der Waals surface area (Å²) in [6.07, 6.45) is 2.44. The molecule has 1 saturated heterocycles. The number of aromatic amines is 1. The van der Waals surface area contributed by atoms with Gasteiger partial charge in [0.15, 0.2) is 11.5 Å². The first kappa shape index (κ1) is 21.1. The normalized spacial score (nSPS) is 15.0. The van der Waals surface area contributed by atoms with Crippen molar-refractivity contribution in [1.82, 2.24) is 30.2 Å². The van der Waals surface area contributed by atoms with Gasteiger partial charge in [0.1, 0.15) is 11.5 Å². The van der Waals surface area contributed by atoms with Crippen molar-refractivity contribution in [1.29, 1.82) is 0 Å². The van der Waals surface area contributed by atoms with Gasteiger partial charge in [-0.1, -0.05) is 12.1 Å². The van der Waals surface area contributed by atoms with Crippen LogP contribution in [0.4, 0.5) is 5.82 Å². The van der Waals surface area contributed by atoms with Gasteiger partial charge in [-0.05, 0) is 36.4 Å². The van der Waals surface area contributed by atoms with Gasteiger partial charge in [0.05, 0.1) is 5.69 Å². The lowest BCUT2D eigenvalue weighted by atomic mass is 10.1. The van der Waals surface area contributed by atoms with Crippen LogP contribution in [0.5, 0.6) is 11.5 Å². The Morgan fingerprint density at radius 2 is 1.86 bits per heavy atom. The molecule has 6 rings (SSSR count). The summed E-state index contributed by atoms with van der Waals surface area (Å²) in [6.45, 7) is 4.73. The van der Waals surface area contributed by atoms with Gasteiger partial charge in [-0.15, -0.1) is 0 Å². The van der Waals surface area contributed by atoms with Crippen molar-refractivity contribution in [3.63, 3.8) is 0 Å². The van der Waals surface area contributed by atoms with Crippen LogP contribution in [-0.2, 0) is 6.42 Å². The number of nitrogens with one attached hydrogen (secondary N) is 1. The fourth-order valence-electron chi connectivity index (χ4n) is 4.17. The number of ether oxygens (including phenoxy) is 2. The van der Waals surface area contributed by atoms with Crippen molar-refractivity contribution < 1.29 is 18.8 Å². The second-order valence-corrected chi connectivity index (χ2v) is 8.28. The van der Waals surface area contributed by atoms with Crippen LogP contribution in [0.3, 0.4) is 0 Å². The number of pyridine rings is 1. The zero-order chi connectivity index (χ0) is 23.8.